The molecule has 0 bridgehead atoms. The second-order valence-electron chi connectivity index (χ2n) is 10.5. The minimum Gasteiger partial charge on any atom is -0.326 e. The monoisotopic (exact) mass is 456 g/mol. The van der Waals surface area contributed by atoms with Gasteiger partial charge in [-0.1, -0.05) is 45.0 Å². The van der Waals surface area contributed by atoms with E-state index in [2.05, 4.69) is 34.3 Å². The maximum absolute atomic E-state index is 12.5. The first-order chi connectivity index (χ1) is 16.2. The van der Waals surface area contributed by atoms with Crippen LogP contribution in [0, 0.1) is 5.41 Å². The summed E-state index contributed by atoms with van der Waals surface area (Å²) in [7, 11) is 0. The number of carbonyl (C=O) groups excluding carboxylic acids is 1. The van der Waals surface area contributed by atoms with Gasteiger partial charge in [-0.25, -0.2) is 4.98 Å². The Kier molecular flexibility index (Phi) is 5.70. The number of rotatable bonds is 5. The number of likely N-dealkylation sites (tertiary alicyclic amines) is 1. The molecule has 0 aliphatic carbocycles. The van der Waals surface area contributed by atoms with E-state index in [9.17, 15) is 4.79 Å². The molecule has 176 valence electrons. The molecule has 0 amide bonds. The van der Waals surface area contributed by atoms with Crippen LogP contribution in [0.5, 0.6) is 0 Å². The number of nitrogens with two attached hydrogens (primary N) is 1. The number of aromatic nitrogens is 4. The number of hydrogen-bond acceptors (Lipinski definition) is 6. The van der Waals surface area contributed by atoms with Gasteiger partial charge in [0, 0.05) is 48.6 Å². The Labute approximate surface area is 200 Å². The van der Waals surface area contributed by atoms with Crippen LogP contribution >= 0.6 is 0 Å². The van der Waals surface area contributed by atoms with Gasteiger partial charge in [0.25, 0.3) is 0 Å². The first-order valence-corrected chi connectivity index (χ1v) is 12.0. The van der Waals surface area contributed by atoms with Crippen molar-refractivity contribution in [2.24, 2.45) is 11.1 Å². The number of pyridine rings is 2. The molecule has 0 unspecified atom stereocenters. The Morgan fingerprint density at radius 1 is 1.15 bits per heavy atom. The van der Waals surface area contributed by atoms with Gasteiger partial charge in [-0.05, 0) is 42.7 Å². The highest BCUT2D eigenvalue weighted by Crippen LogP contribution is 2.27. The molecule has 1 aromatic carbocycles. The fourth-order valence-corrected chi connectivity index (χ4v) is 4.55. The molecule has 1 saturated heterocycles. The lowest BCUT2D eigenvalue weighted by Gasteiger charge is -2.24. The van der Waals surface area contributed by atoms with Gasteiger partial charge in [-0.15, -0.1) is 10.2 Å². The van der Waals surface area contributed by atoms with Gasteiger partial charge in [0.1, 0.15) is 11.5 Å². The summed E-state index contributed by atoms with van der Waals surface area (Å²) >= 11 is 0. The van der Waals surface area contributed by atoms with E-state index in [1.807, 2.05) is 61.6 Å². The van der Waals surface area contributed by atoms with Gasteiger partial charge in [0.05, 0.1) is 5.52 Å². The summed E-state index contributed by atoms with van der Waals surface area (Å²) in [6, 6.07) is 14.7. The van der Waals surface area contributed by atoms with Crippen LogP contribution in [0.1, 0.15) is 51.3 Å². The predicted molar refractivity (Wildman–Crippen MR) is 134 cm³/mol. The van der Waals surface area contributed by atoms with Crippen molar-refractivity contribution in [1.29, 1.82) is 0 Å². The average Bonchev–Trinajstić information content (AvgIpc) is 3.43. The number of benzene rings is 1. The number of hydrogen-bond donors (Lipinski definition) is 1. The van der Waals surface area contributed by atoms with Gasteiger partial charge in [0.15, 0.2) is 11.5 Å². The molecule has 2 atom stereocenters. The third-order valence-electron chi connectivity index (χ3n) is 6.90. The first-order valence-electron chi connectivity index (χ1n) is 12.0. The van der Waals surface area contributed by atoms with Crippen LogP contribution in [0.3, 0.4) is 0 Å². The minimum absolute atomic E-state index is 0.215. The summed E-state index contributed by atoms with van der Waals surface area (Å²) in [5.74, 6) is 0.923. The molecule has 1 fully saturated rings. The number of nitrogens with zero attached hydrogens (tertiary/aromatic N) is 5. The van der Waals surface area contributed by atoms with Crippen LogP contribution in [-0.4, -0.2) is 49.4 Å². The Morgan fingerprint density at radius 3 is 2.68 bits per heavy atom. The summed E-state index contributed by atoms with van der Waals surface area (Å²) in [5, 5.41) is 9.84. The number of ketones is 1. The summed E-state index contributed by atoms with van der Waals surface area (Å²) in [4.78, 5) is 19.8. The number of fused-ring (bicyclic) bond motifs is 2. The highest BCUT2D eigenvalue weighted by molar-refractivity contribution is 5.88. The van der Waals surface area contributed by atoms with E-state index in [0.717, 1.165) is 47.3 Å². The molecule has 1 aliphatic heterocycles. The van der Waals surface area contributed by atoms with Crippen LogP contribution in [0.25, 0.3) is 28.1 Å². The van der Waals surface area contributed by atoms with Crippen LogP contribution < -0.4 is 5.73 Å². The van der Waals surface area contributed by atoms with Gasteiger partial charge in [0.2, 0.25) is 0 Å². The zero-order chi connectivity index (χ0) is 24.0. The van der Waals surface area contributed by atoms with Crippen molar-refractivity contribution in [3.8, 4) is 11.5 Å². The summed E-state index contributed by atoms with van der Waals surface area (Å²) in [6.07, 6.45) is 3.55. The van der Waals surface area contributed by atoms with Crippen molar-refractivity contribution in [2.75, 3.05) is 13.1 Å². The quantitative estimate of drug-likeness (QED) is 0.484. The summed E-state index contributed by atoms with van der Waals surface area (Å²) in [6.45, 7) is 10.0. The molecule has 5 rings (SSSR count). The highest BCUT2D eigenvalue weighted by Gasteiger charge is 2.25. The van der Waals surface area contributed by atoms with Crippen molar-refractivity contribution < 1.29 is 4.79 Å². The fraction of sp³-hybridized carbons (Fsp3) is 0.407. The molecule has 7 nitrogen and oxygen atoms in total. The van der Waals surface area contributed by atoms with E-state index < -0.39 is 0 Å². The normalized spacial score (nSPS) is 18.1. The third-order valence-corrected chi connectivity index (χ3v) is 6.90. The molecule has 3 aromatic heterocycles. The highest BCUT2D eigenvalue weighted by atomic mass is 16.1. The number of Topliss-reactive ketones (excluding diaryl/α,β-unsaturated/α-hetero) is 1. The Balaban J connectivity index is 1.49. The molecule has 0 radical (unpaired) electrons. The van der Waals surface area contributed by atoms with Crippen LogP contribution in [-0.2, 0) is 11.2 Å². The van der Waals surface area contributed by atoms with Gasteiger partial charge in [-0.3, -0.25) is 14.1 Å². The van der Waals surface area contributed by atoms with Gasteiger partial charge >= 0.3 is 0 Å². The maximum atomic E-state index is 12.5. The average molecular weight is 457 g/mol. The van der Waals surface area contributed by atoms with E-state index in [1.165, 1.54) is 5.56 Å². The van der Waals surface area contributed by atoms with Crippen molar-refractivity contribution >= 4 is 22.3 Å². The Bertz CT molecular complexity index is 1370. The van der Waals surface area contributed by atoms with Gasteiger partial charge < -0.3 is 5.73 Å². The Morgan fingerprint density at radius 2 is 1.94 bits per heavy atom. The first kappa shape index (κ1) is 22.6. The van der Waals surface area contributed by atoms with E-state index >= 15 is 0 Å². The molecule has 7 heteroatoms. The molecular formula is C27H32N6O. The van der Waals surface area contributed by atoms with Gasteiger partial charge in [-0.2, -0.15) is 0 Å². The molecule has 2 N–H and O–H groups in total. The summed E-state index contributed by atoms with van der Waals surface area (Å²) in [5.41, 5.74) is 10.3. The van der Waals surface area contributed by atoms with Crippen LogP contribution in [0.4, 0.5) is 0 Å². The van der Waals surface area contributed by atoms with Crippen molar-refractivity contribution in [2.45, 2.75) is 52.6 Å². The van der Waals surface area contributed by atoms with E-state index in [-0.39, 0.29) is 23.3 Å². The van der Waals surface area contributed by atoms with Crippen LogP contribution in [0.15, 0.2) is 48.7 Å². The molecule has 1 aliphatic rings. The zero-order valence-electron chi connectivity index (χ0n) is 20.3. The molecule has 0 spiro atoms. The standard InChI is InChI=1S/C27H32N6O/c1-17(32-12-11-21(28)16-32)20-8-10-25-30-31-26(33(25)15-20)22-9-7-19-6-5-18(13-23(19)29-22)14-24(34)27(2,3)4/h5-10,13,15,17,21H,11-12,14,16,28H2,1-4H3/t17-,21-/m0/s1. The lowest BCUT2D eigenvalue weighted by molar-refractivity contribution is -0.125. The van der Waals surface area contributed by atoms with Crippen molar-refractivity contribution in [1.82, 2.24) is 24.5 Å². The lowest BCUT2D eigenvalue weighted by Crippen LogP contribution is -2.28. The Hall–Kier alpha value is -3.16. The predicted octanol–water partition coefficient (Wildman–Crippen LogP) is 4.20. The molecule has 0 saturated carbocycles. The van der Waals surface area contributed by atoms with E-state index in [4.69, 9.17) is 10.7 Å². The van der Waals surface area contributed by atoms with E-state index in [1.54, 1.807) is 0 Å². The SMILES string of the molecule is C[C@@H](c1ccc2nnc(-c3ccc4ccc(CC(=O)C(C)(C)C)cc4n3)n2c1)N1CC[C@H](N)C1. The third kappa shape index (κ3) is 4.33. The van der Waals surface area contributed by atoms with E-state index in [0.29, 0.717) is 12.2 Å². The topological polar surface area (TPSA) is 89.4 Å². The smallest absolute Gasteiger partial charge is 0.187 e. The summed E-state index contributed by atoms with van der Waals surface area (Å²) < 4.78 is 2.02. The fourth-order valence-electron chi connectivity index (χ4n) is 4.55. The second kappa shape index (κ2) is 8.56. The molecule has 4 aromatic rings. The zero-order valence-corrected chi connectivity index (χ0v) is 20.3. The number of carbonyl (C=O) groups is 1. The molecule has 4 heterocycles. The largest absolute Gasteiger partial charge is 0.326 e. The van der Waals surface area contributed by atoms with Crippen LogP contribution in [0.2, 0.25) is 0 Å². The van der Waals surface area contributed by atoms with Crippen molar-refractivity contribution in [3.63, 3.8) is 0 Å². The second-order valence-corrected chi connectivity index (χ2v) is 10.5. The molecular weight excluding hydrogens is 424 g/mol. The lowest BCUT2D eigenvalue weighted by atomic mass is 9.87. The molecule has 34 heavy (non-hydrogen) atoms. The van der Waals surface area contributed by atoms with Crippen molar-refractivity contribution in [3.05, 3.63) is 59.8 Å². The maximum Gasteiger partial charge on any atom is 0.187 e. The minimum atomic E-state index is -0.361.